The Labute approximate surface area is 133 Å². The summed E-state index contributed by atoms with van der Waals surface area (Å²) < 4.78 is 0. The summed E-state index contributed by atoms with van der Waals surface area (Å²) >= 11 is 0. The van der Waals surface area contributed by atoms with Gasteiger partial charge in [-0.3, -0.25) is 0 Å². The monoisotopic (exact) mass is 294 g/mol. The predicted octanol–water partition coefficient (Wildman–Crippen LogP) is 4.62. The van der Waals surface area contributed by atoms with Crippen LogP contribution in [0.2, 0.25) is 0 Å². The van der Waals surface area contributed by atoms with Crippen molar-refractivity contribution < 1.29 is 5.11 Å². The molecule has 0 aromatic heterocycles. The van der Waals surface area contributed by atoms with Crippen molar-refractivity contribution in [2.24, 2.45) is 5.41 Å². The van der Waals surface area contributed by atoms with Crippen LogP contribution in [0.5, 0.6) is 0 Å². The van der Waals surface area contributed by atoms with Crippen LogP contribution in [-0.2, 0) is 11.8 Å². The fraction of sp³-hybridized carbons (Fsp3) is 0.524. The van der Waals surface area contributed by atoms with Crippen LogP contribution in [0.4, 0.5) is 0 Å². The van der Waals surface area contributed by atoms with Crippen molar-refractivity contribution in [1.29, 1.82) is 0 Å². The highest BCUT2D eigenvalue weighted by Gasteiger charge is 2.48. The first kappa shape index (κ1) is 14.3. The Morgan fingerprint density at radius 2 is 2.00 bits per heavy atom. The number of benzene rings is 1. The van der Waals surface area contributed by atoms with Crippen molar-refractivity contribution in [3.8, 4) is 0 Å². The van der Waals surface area contributed by atoms with Gasteiger partial charge in [-0.05, 0) is 50.2 Å². The molecule has 116 valence electrons. The quantitative estimate of drug-likeness (QED) is 0.750. The van der Waals surface area contributed by atoms with Crippen LogP contribution in [0.25, 0.3) is 0 Å². The molecule has 0 unspecified atom stereocenters. The van der Waals surface area contributed by atoms with Crippen LogP contribution < -0.4 is 0 Å². The zero-order valence-electron chi connectivity index (χ0n) is 13.9. The zero-order valence-corrected chi connectivity index (χ0v) is 13.9. The van der Waals surface area contributed by atoms with Gasteiger partial charge >= 0.3 is 0 Å². The summed E-state index contributed by atoms with van der Waals surface area (Å²) in [6, 6.07) is 6.99. The standard InChI is InChI=1S/C21H26O/c1-4-21-10-9-20(3)13-16(22)12-19(20)18(21)8-6-15-11-14(2)5-7-17(15)21/h5,7,9-11,16,22H,4,6,8,12-13H2,1-3H3/t16-,20-,21+/m1/s1. The predicted molar refractivity (Wildman–Crippen MR) is 91.0 cm³/mol. The Bertz CT molecular complexity index is 696. The molecule has 22 heavy (non-hydrogen) atoms. The molecule has 0 amide bonds. The lowest BCUT2D eigenvalue weighted by molar-refractivity contribution is 0.172. The molecule has 0 saturated heterocycles. The lowest BCUT2D eigenvalue weighted by Crippen LogP contribution is -2.36. The van der Waals surface area contributed by atoms with Crippen LogP contribution in [0.1, 0.15) is 56.2 Å². The molecule has 3 aliphatic carbocycles. The van der Waals surface area contributed by atoms with Crippen LogP contribution in [-0.4, -0.2) is 11.2 Å². The van der Waals surface area contributed by atoms with Gasteiger partial charge in [0.2, 0.25) is 0 Å². The summed E-state index contributed by atoms with van der Waals surface area (Å²) in [6.07, 6.45) is 9.90. The molecule has 1 nitrogen and oxygen atoms in total. The summed E-state index contributed by atoms with van der Waals surface area (Å²) in [7, 11) is 0. The molecule has 1 fully saturated rings. The number of rotatable bonds is 1. The SMILES string of the molecule is CC[C@@]12C=C[C@]3(C)C[C@H](O)CC3=C1CCc1cc(C)ccc12. The van der Waals surface area contributed by atoms with Crippen LogP contribution in [0, 0.1) is 12.3 Å². The van der Waals surface area contributed by atoms with Crippen LogP contribution >= 0.6 is 0 Å². The van der Waals surface area contributed by atoms with Crippen LogP contribution in [0.3, 0.4) is 0 Å². The van der Waals surface area contributed by atoms with Gasteiger partial charge < -0.3 is 5.11 Å². The fourth-order valence-corrected chi connectivity index (χ4v) is 5.26. The van der Waals surface area contributed by atoms with E-state index in [2.05, 4.69) is 51.1 Å². The first-order chi connectivity index (χ1) is 10.5. The van der Waals surface area contributed by atoms with Gasteiger partial charge in [0, 0.05) is 10.8 Å². The summed E-state index contributed by atoms with van der Waals surface area (Å²) in [5, 5.41) is 10.2. The van der Waals surface area contributed by atoms with Gasteiger partial charge in [0.25, 0.3) is 0 Å². The number of allylic oxidation sites excluding steroid dienone is 3. The van der Waals surface area contributed by atoms with Gasteiger partial charge in [-0.1, -0.05) is 60.9 Å². The molecule has 3 aliphatic rings. The molecule has 1 saturated carbocycles. The van der Waals surface area contributed by atoms with Crippen molar-refractivity contribution in [2.75, 3.05) is 0 Å². The Balaban J connectivity index is 1.95. The highest BCUT2D eigenvalue weighted by molar-refractivity contribution is 5.56. The first-order valence-electron chi connectivity index (χ1n) is 8.70. The number of aliphatic hydroxyl groups excluding tert-OH is 1. The number of aryl methyl sites for hydroxylation is 2. The normalized spacial score (nSPS) is 36.1. The average molecular weight is 294 g/mol. The third-order valence-corrected chi connectivity index (χ3v) is 6.37. The van der Waals surface area contributed by atoms with Gasteiger partial charge in [-0.15, -0.1) is 0 Å². The maximum absolute atomic E-state index is 10.2. The van der Waals surface area contributed by atoms with Crippen molar-refractivity contribution >= 4 is 0 Å². The maximum atomic E-state index is 10.2. The lowest BCUT2D eigenvalue weighted by Gasteiger charge is -2.45. The molecular formula is C21H26O. The second-order valence-corrected chi connectivity index (χ2v) is 7.76. The number of aliphatic hydroxyl groups is 1. The largest absolute Gasteiger partial charge is 0.393 e. The van der Waals surface area contributed by atoms with E-state index in [1.54, 1.807) is 5.57 Å². The van der Waals surface area contributed by atoms with E-state index in [0.717, 1.165) is 32.1 Å². The molecule has 0 radical (unpaired) electrons. The zero-order chi connectivity index (χ0) is 15.5. The highest BCUT2D eigenvalue weighted by atomic mass is 16.3. The summed E-state index contributed by atoms with van der Waals surface area (Å²) in [6.45, 7) is 6.81. The van der Waals surface area contributed by atoms with Gasteiger partial charge in [0.05, 0.1) is 6.10 Å². The van der Waals surface area contributed by atoms with Gasteiger partial charge in [-0.2, -0.15) is 0 Å². The second kappa shape index (κ2) is 4.58. The van der Waals surface area contributed by atoms with E-state index in [1.165, 1.54) is 22.3 Å². The molecule has 0 aliphatic heterocycles. The fourth-order valence-electron chi connectivity index (χ4n) is 5.26. The molecule has 1 N–H and O–H groups in total. The van der Waals surface area contributed by atoms with Gasteiger partial charge in [0.1, 0.15) is 0 Å². The summed E-state index contributed by atoms with van der Waals surface area (Å²) in [5.74, 6) is 0. The third kappa shape index (κ3) is 1.75. The number of fused-ring (bicyclic) bond motifs is 4. The first-order valence-corrected chi connectivity index (χ1v) is 8.70. The van der Waals surface area contributed by atoms with Crippen LogP contribution in [0.15, 0.2) is 41.5 Å². The molecule has 0 spiro atoms. The van der Waals surface area contributed by atoms with E-state index in [4.69, 9.17) is 0 Å². The molecular weight excluding hydrogens is 268 g/mol. The smallest absolute Gasteiger partial charge is 0.0589 e. The van der Waals surface area contributed by atoms with Gasteiger partial charge in [-0.25, -0.2) is 0 Å². The third-order valence-electron chi connectivity index (χ3n) is 6.37. The Kier molecular flexibility index (Phi) is 2.97. The minimum Gasteiger partial charge on any atom is -0.393 e. The molecule has 0 heterocycles. The molecule has 1 aromatic rings. The van der Waals surface area contributed by atoms with E-state index in [-0.39, 0.29) is 16.9 Å². The Morgan fingerprint density at radius 1 is 1.18 bits per heavy atom. The number of hydrogen-bond acceptors (Lipinski definition) is 1. The Morgan fingerprint density at radius 3 is 2.77 bits per heavy atom. The molecule has 1 heteroatoms. The Hall–Kier alpha value is -1.34. The van der Waals surface area contributed by atoms with E-state index in [9.17, 15) is 5.11 Å². The summed E-state index contributed by atoms with van der Waals surface area (Å²) in [5.41, 5.74) is 7.73. The average Bonchev–Trinajstić information content (AvgIpc) is 2.80. The summed E-state index contributed by atoms with van der Waals surface area (Å²) in [4.78, 5) is 0. The van der Waals surface area contributed by atoms with E-state index >= 15 is 0 Å². The van der Waals surface area contributed by atoms with Crippen molar-refractivity contribution in [3.05, 3.63) is 58.2 Å². The molecule has 1 aromatic carbocycles. The van der Waals surface area contributed by atoms with Crippen molar-refractivity contribution in [1.82, 2.24) is 0 Å². The maximum Gasteiger partial charge on any atom is 0.0589 e. The topological polar surface area (TPSA) is 20.2 Å². The molecule has 0 bridgehead atoms. The van der Waals surface area contributed by atoms with Gasteiger partial charge in [0.15, 0.2) is 0 Å². The van der Waals surface area contributed by atoms with E-state index in [1.807, 2.05) is 0 Å². The minimum atomic E-state index is -0.163. The lowest BCUT2D eigenvalue weighted by atomic mass is 9.58. The molecule has 4 rings (SSSR count). The molecule has 3 atom stereocenters. The number of hydrogen-bond donors (Lipinski definition) is 1. The van der Waals surface area contributed by atoms with E-state index in [0.29, 0.717) is 0 Å². The highest BCUT2D eigenvalue weighted by Crippen LogP contribution is 2.57. The van der Waals surface area contributed by atoms with E-state index < -0.39 is 0 Å². The second-order valence-electron chi connectivity index (χ2n) is 7.76. The minimum absolute atomic E-state index is 0.0835. The van der Waals surface area contributed by atoms with Crippen molar-refractivity contribution in [3.63, 3.8) is 0 Å². The van der Waals surface area contributed by atoms with Crippen molar-refractivity contribution in [2.45, 2.75) is 64.4 Å².